The third-order valence-electron chi connectivity index (χ3n) is 1.84. The molecule has 13 heavy (non-hydrogen) atoms. The van der Waals surface area contributed by atoms with Gasteiger partial charge in [0.25, 0.3) is 0 Å². The summed E-state index contributed by atoms with van der Waals surface area (Å²) in [4.78, 5) is 0.750. The van der Waals surface area contributed by atoms with Crippen LogP contribution in [0.1, 0.15) is 11.1 Å². The maximum Gasteiger partial charge on any atom is 0.0681 e. The molecule has 0 aliphatic heterocycles. The van der Waals surface area contributed by atoms with Gasteiger partial charge in [-0.3, -0.25) is 4.21 Å². The molecule has 3 N–H and O–H groups in total. The summed E-state index contributed by atoms with van der Waals surface area (Å²) in [6.45, 7) is 0.340. The van der Waals surface area contributed by atoms with Crippen LogP contribution in [0, 0.1) is 0 Å². The Labute approximate surface area is 80.0 Å². The molecule has 1 unspecified atom stereocenters. The topological polar surface area (TPSA) is 63.3 Å². The fourth-order valence-corrected chi connectivity index (χ4v) is 1.94. The summed E-state index contributed by atoms with van der Waals surface area (Å²) in [5.41, 5.74) is 7.14. The van der Waals surface area contributed by atoms with Gasteiger partial charge in [-0.05, 0) is 17.2 Å². The first-order valence-corrected chi connectivity index (χ1v) is 5.51. The van der Waals surface area contributed by atoms with Crippen LogP contribution < -0.4 is 5.73 Å². The summed E-state index contributed by atoms with van der Waals surface area (Å²) >= 11 is 0. The van der Waals surface area contributed by atoms with Gasteiger partial charge >= 0.3 is 0 Å². The third-order valence-corrected chi connectivity index (χ3v) is 2.85. The molecule has 0 fully saturated rings. The minimum absolute atomic E-state index is 0.0103. The van der Waals surface area contributed by atoms with Crippen molar-refractivity contribution in [2.45, 2.75) is 18.0 Å². The predicted octanol–water partition coefficient (Wildman–Crippen LogP) is 0.375. The van der Waals surface area contributed by atoms with E-state index < -0.39 is 10.8 Å². The van der Waals surface area contributed by atoms with E-state index >= 15 is 0 Å². The van der Waals surface area contributed by atoms with Gasteiger partial charge in [-0.25, -0.2) is 0 Å². The van der Waals surface area contributed by atoms with Gasteiger partial charge in [0.15, 0.2) is 0 Å². The van der Waals surface area contributed by atoms with Crippen molar-refractivity contribution in [3.63, 3.8) is 0 Å². The van der Waals surface area contributed by atoms with Gasteiger partial charge in [0, 0.05) is 17.7 Å². The van der Waals surface area contributed by atoms with Gasteiger partial charge in [-0.2, -0.15) is 0 Å². The first kappa shape index (κ1) is 10.4. The highest BCUT2D eigenvalue weighted by Gasteiger charge is 2.05. The molecule has 0 saturated carbocycles. The zero-order valence-electron chi connectivity index (χ0n) is 7.49. The van der Waals surface area contributed by atoms with Crippen molar-refractivity contribution in [3.8, 4) is 0 Å². The molecule has 72 valence electrons. The zero-order chi connectivity index (χ0) is 9.84. The standard InChI is InChI=1S/C9H13NO2S/c1-13(12)9-3-2-7(6-11)4-8(9)5-10/h2-4,11H,5-6,10H2,1H3. The monoisotopic (exact) mass is 199 g/mol. The first-order chi connectivity index (χ1) is 6.19. The second-order valence-electron chi connectivity index (χ2n) is 2.76. The van der Waals surface area contributed by atoms with Crippen molar-refractivity contribution in [1.29, 1.82) is 0 Å². The molecule has 1 aromatic carbocycles. The van der Waals surface area contributed by atoms with Crippen LogP contribution >= 0.6 is 0 Å². The fourth-order valence-electron chi connectivity index (χ4n) is 1.17. The number of hydrogen-bond acceptors (Lipinski definition) is 3. The molecule has 0 aliphatic carbocycles. The Balaban J connectivity index is 3.15. The van der Waals surface area contributed by atoms with E-state index in [1.807, 2.05) is 0 Å². The number of hydrogen-bond donors (Lipinski definition) is 2. The van der Waals surface area contributed by atoms with E-state index in [1.165, 1.54) is 0 Å². The molecule has 1 aromatic rings. The van der Waals surface area contributed by atoms with Crippen LogP contribution in [0.4, 0.5) is 0 Å². The smallest absolute Gasteiger partial charge is 0.0681 e. The van der Waals surface area contributed by atoms with Crippen molar-refractivity contribution in [2.24, 2.45) is 5.73 Å². The molecule has 0 heterocycles. The number of aliphatic hydroxyl groups excluding tert-OH is 1. The van der Waals surface area contributed by atoms with Crippen LogP contribution in [0.2, 0.25) is 0 Å². The Bertz CT molecular complexity index is 325. The summed E-state index contributed by atoms with van der Waals surface area (Å²) in [5, 5.41) is 8.87. The van der Waals surface area contributed by atoms with Crippen LogP contribution in [-0.4, -0.2) is 15.6 Å². The number of rotatable bonds is 3. The zero-order valence-corrected chi connectivity index (χ0v) is 8.30. The van der Waals surface area contributed by atoms with E-state index in [1.54, 1.807) is 24.5 Å². The quantitative estimate of drug-likeness (QED) is 0.739. The van der Waals surface area contributed by atoms with Crippen LogP contribution in [0.15, 0.2) is 23.1 Å². The van der Waals surface area contributed by atoms with Crippen LogP contribution in [0.3, 0.4) is 0 Å². The Morgan fingerprint density at radius 1 is 1.54 bits per heavy atom. The molecular weight excluding hydrogens is 186 g/mol. The Morgan fingerprint density at radius 2 is 2.23 bits per heavy atom. The number of nitrogens with two attached hydrogens (primary N) is 1. The van der Waals surface area contributed by atoms with Gasteiger partial charge in [0.2, 0.25) is 0 Å². The first-order valence-electron chi connectivity index (χ1n) is 3.95. The van der Waals surface area contributed by atoms with Gasteiger partial charge in [0.1, 0.15) is 0 Å². The molecule has 0 aliphatic rings. The summed E-state index contributed by atoms with van der Waals surface area (Å²) in [5.74, 6) is 0. The molecule has 4 heteroatoms. The van der Waals surface area contributed by atoms with Crippen LogP contribution in [0.25, 0.3) is 0 Å². The summed E-state index contributed by atoms with van der Waals surface area (Å²) < 4.78 is 11.2. The maximum atomic E-state index is 11.2. The highest BCUT2D eigenvalue weighted by molar-refractivity contribution is 7.84. The highest BCUT2D eigenvalue weighted by Crippen LogP contribution is 2.14. The molecule has 0 amide bonds. The summed E-state index contributed by atoms with van der Waals surface area (Å²) in [6.07, 6.45) is 1.62. The van der Waals surface area contributed by atoms with E-state index in [0.717, 1.165) is 16.0 Å². The average Bonchev–Trinajstić information content (AvgIpc) is 2.16. The van der Waals surface area contributed by atoms with Crippen molar-refractivity contribution in [1.82, 2.24) is 0 Å². The van der Waals surface area contributed by atoms with E-state index in [2.05, 4.69) is 0 Å². The normalized spacial score (nSPS) is 12.8. The van der Waals surface area contributed by atoms with Crippen molar-refractivity contribution in [3.05, 3.63) is 29.3 Å². The van der Waals surface area contributed by atoms with Gasteiger partial charge < -0.3 is 10.8 Å². The molecule has 0 aromatic heterocycles. The molecule has 0 spiro atoms. The molecule has 1 atom stereocenters. The van der Waals surface area contributed by atoms with E-state index in [0.29, 0.717) is 6.54 Å². The van der Waals surface area contributed by atoms with Gasteiger partial charge in [-0.1, -0.05) is 12.1 Å². The van der Waals surface area contributed by atoms with Crippen LogP contribution in [0.5, 0.6) is 0 Å². The molecule has 0 saturated heterocycles. The van der Waals surface area contributed by atoms with E-state index in [-0.39, 0.29) is 6.61 Å². The lowest BCUT2D eigenvalue weighted by Crippen LogP contribution is -2.03. The van der Waals surface area contributed by atoms with Crippen molar-refractivity contribution < 1.29 is 9.32 Å². The SMILES string of the molecule is CS(=O)c1ccc(CO)cc1CN. The lowest BCUT2D eigenvalue weighted by Gasteiger charge is -2.06. The average molecular weight is 199 g/mol. The highest BCUT2D eigenvalue weighted by atomic mass is 32.2. The van der Waals surface area contributed by atoms with Gasteiger partial charge in [0.05, 0.1) is 17.4 Å². The largest absolute Gasteiger partial charge is 0.392 e. The maximum absolute atomic E-state index is 11.2. The van der Waals surface area contributed by atoms with Gasteiger partial charge in [-0.15, -0.1) is 0 Å². The Morgan fingerprint density at radius 3 is 2.69 bits per heavy atom. The van der Waals surface area contributed by atoms with E-state index in [4.69, 9.17) is 10.8 Å². The second kappa shape index (κ2) is 4.50. The summed E-state index contributed by atoms with van der Waals surface area (Å²) in [7, 11) is -1.01. The van der Waals surface area contributed by atoms with Crippen molar-refractivity contribution >= 4 is 10.8 Å². The van der Waals surface area contributed by atoms with Crippen LogP contribution in [-0.2, 0) is 24.0 Å². The van der Waals surface area contributed by atoms with Crippen molar-refractivity contribution in [2.75, 3.05) is 6.26 Å². The molecular formula is C9H13NO2S. The van der Waals surface area contributed by atoms with E-state index in [9.17, 15) is 4.21 Å². The minimum atomic E-state index is -1.01. The Kier molecular flexibility index (Phi) is 3.59. The molecule has 3 nitrogen and oxygen atoms in total. The number of benzene rings is 1. The summed E-state index contributed by atoms with van der Waals surface area (Å²) in [6, 6.07) is 5.30. The lowest BCUT2D eigenvalue weighted by molar-refractivity contribution is 0.281. The fraction of sp³-hybridized carbons (Fsp3) is 0.333. The lowest BCUT2D eigenvalue weighted by atomic mass is 10.1. The minimum Gasteiger partial charge on any atom is -0.392 e. The number of aliphatic hydroxyl groups is 1. The second-order valence-corrected chi connectivity index (χ2v) is 4.11. The molecule has 0 radical (unpaired) electrons. The molecule has 1 rings (SSSR count). The Hall–Kier alpha value is -0.710. The molecule has 0 bridgehead atoms. The predicted molar refractivity (Wildman–Crippen MR) is 52.6 cm³/mol. The third kappa shape index (κ3) is 2.37.